The molecule has 0 aromatic rings. The Morgan fingerprint density at radius 1 is 1.15 bits per heavy atom. The molecular weight excluding hydrogens is 275 g/mol. The third-order valence-corrected chi connectivity index (χ3v) is 5.06. The van der Waals surface area contributed by atoms with Crippen molar-refractivity contribution in [2.75, 3.05) is 32.7 Å². The summed E-state index contributed by atoms with van der Waals surface area (Å²) < 4.78 is 11.7. The fourth-order valence-corrected chi connectivity index (χ4v) is 3.86. The summed E-state index contributed by atoms with van der Waals surface area (Å²) in [6.45, 7) is 12.5. The van der Waals surface area contributed by atoms with Crippen LogP contribution in [0.25, 0.3) is 0 Å². The van der Waals surface area contributed by atoms with Gasteiger partial charge in [0.25, 0.3) is 0 Å². The Hall–Kier alpha value is 0.0700. The largest absolute Gasteiger partial charge is 0.343 e. The highest BCUT2D eigenvalue weighted by atomic mass is 31.2. The van der Waals surface area contributed by atoms with E-state index in [4.69, 9.17) is 0 Å². The zero-order valence-corrected chi connectivity index (χ0v) is 14.2. The van der Waals surface area contributed by atoms with Crippen molar-refractivity contribution in [2.24, 2.45) is 11.8 Å². The molecule has 1 aliphatic rings. The van der Waals surface area contributed by atoms with Crippen molar-refractivity contribution in [1.29, 1.82) is 0 Å². The van der Waals surface area contributed by atoms with Crippen molar-refractivity contribution in [2.45, 2.75) is 46.3 Å². The molecule has 2 N–H and O–H groups in total. The van der Waals surface area contributed by atoms with E-state index in [1.54, 1.807) is 0 Å². The smallest absolute Gasteiger partial charge is 0.323 e. The number of hydrogen-bond donors (Lipinski definition) is 2. The van der Waals surface area contributed by atoms with Crippen LogP contribution in [0.5, 0.6) is 0 Å². The molecule has 0 radical (unpaired) electrons. The van der Waals surface area contributed by atoms with E-state index < -0.39 is 13.4 Å². The zero-order chi connectivity index (χ0) is 15.3. The molecule has 0 bridgehead atoms. The summed E-state index contributed by atoms with van der Waals surface area (Å²) in [7, 11) is -4.06. The lowest BCUT2D eigenvalue weighted by atomic mass is 10.1. The summed E-state index contributed by atoms with van der Waals surface area (Å²) in [5, 5.41) is 0. The van der Waals surface area contributed by atoms with Crippen molar-refractivity contribution in [3.05, 3.63) is 0 Å². The average Bonchev–Trinajstić information content (AvgIpc) is 2.28. The van der Waals surface area contributed by atoms with Crippen LogP contribution in [-0.2, 0) is 4.57 Å². The van der Waals surface area contributed by atoms with Crippen LogP contribution in [0.1, 0.15) is 40.5 Å². The van der Waals surface area contributed by atoms with E-state index in [2.05, 4.69) is 32.6 Å². The maximum absolute atomic E-state index is 11.7. The third-order valence-electron chi connectivity index (χ3n) is 3.79. The number of nitrogens with zero attached hydrogens (tertiary/aromatic N) is 2. The molecule has 6 heteroatoms. The van der Waals surface area contributed by atoms with E-state index in [9.17, 15) is 14.4 Å². The number of piperazine rings is 1. The van der Waals surface area contributed by atoms with Crippen LogP contribution in [0.3, 0.4) is 0 Å². The summed E-state index contributed by atoms with van der Waals surface area (Å²) in [6.07, 6.45) is 2.28. The molecule has 1 saturated heterocycles. The van der Waals surface area contributed by atoms with Gasteiger partial charge in [0.15, 0.2) is 0 Å². The van der Waals surface area contributed by atoms with Gasteiger partial charge in [0, 0.05) is 26.2 Å². The van der Waals surface area contributed by atoms with Gasteiger partial charge >= 0.3 is 7.60 Å². The number of hydrogen-bond acceptors (Lipinski definition) is 3. The molecular formula is C14H31N2O3P. The van der Waals surface area contributed by atoms with Gasteiger partial charge in [-0.2, -0.15) is 0 Å². The molecule has 1 rings (SSSR count). The molecule has 0 aromatic carbocycles. The molecule has 1 heterocycles. The first-order valence-corrected chi connectivity index (χ1v) is 9.40. The van der Waals surface area contributed by atoms with Gasteiger partial charge in [0.2, 0.25) is 0 Å². The lowest BCUT2D eigenvalue weighted by Gasteiger charge is -2.42. The van der Waals surface area contributed by atoms with Crippen molar-refractivity contribution in [1.82, 2.24) is 9.80 Å². The van der Waals surface area contributed by atoms with Crippen LogP contribution >= 0.6 is 7.60 Å². The van der Waals surface area contributed by atoms with E-state index in [1.165, 1.54) is 6.42 Å². The van der Waals surface area contributed by atoms with Gasteiger partial charge in [0.05, 0.1) is 0 Å². The molecule has 1 aliphatic heterocycles. The molecule has 1 unspecified atom stereocenters. The first-order chi connectivity index (χ1) is 9.20. The van der Waals surface area contributed by atoms with Gasteiger partial charge in [0.1, 0.15) is 5.78 Å². The molecule has 0 aliphatic carbocycles. The zero-order valence-electron chi connectivity index (χ0n) is 13.3. The van der Waals surface area contributed by atoms with Gasteiger partial charge in [-0.1, -0.05) is 27.7 Å². The predicted molar refractivity (Wildman–Crippen MR) is 82.8 cm³/mol. The van der Waals surface area contributed by atoms with Crippen molar-refractivity contribution < 1.29 is 14.4 Å². The summed E-state index contributed by atoms with van der Waals surface area (Å²) >= 11 is 0. The first-order valence-electron chi connectivity index (χ1n) is 7.71. The van der Waals surface area contributed by atoms with E-state index in [0.717, 1.165) is 32.6 Å². The summed E-state index contributed by atoms with van der Waals surface area (Å²) in [4.78, 5) is 23.4. The Bertz CT molecular complexity index is 330. The van der Waals surface area contributed by atoms with Crippen LogP contribution in [0, 0.1) is 11.8 Å². The Kier molecular flexibility index (Phi) is 7.16. The molecule has 0 saturated carbocycles. The standard InChI is InChI=1S/C14H31N2O3P/c1-12(2)6-5-7-15-8-9-16(10-13(3)4)14(11-15)20(17,18)19/h12-14H,5-11H2,1-4H3,(H2,17,18,19). The maximum Gasteiger partial charge on any atom is 0.343 e. The summed E-state index contributed by atoms with van der Waals surface area (Å²) in [5.74, 6) is 0.490. The Morgan fingerprint density at radius 3 is 2.30 bits per heavy atom. The molecule has 5 nitrogen and oxygen atoms in total. The second-order valence-corrected chi connectivity index (χ2v) is 8.57. The highest BCUT2D eigenvalue weighted by Crippen LogP contribution is 2.44. The Balaban J connectivity index is 2.56. The van der Waals surface area contributed by atoms with Crippen LogP contribution in [0.15, 0.2) is 0 Å². The van der Waals surface area contributed by atoms with Gasteiger partial charge < -0.3 is 9.79 Å². The average molecular weight is 306 g/mol. The summed E-state index contributed by atoms with van der Waals surface area (Å²) in [6, 6.07) is 0. The van der Waals surface area contributed by atoms with Crippen LogP contribution < -0.4 is 0 Å². The third kappa shape index (κ3) is 6.23. The monoisotopic (exact) mass is 306 g/mol. The fourth-order valence-electron chi connectivity index (χ4n) is 2.78. The van der Waals surface area contributed by atoms with E-state index in [-0.39, 0.29) is 0 Å². The minimum Gasteiger partial charge on any atom is -0.323 e. The lowest BCUT2D eigenvalue weighted by molar-refractivity contribution is 0.0865. The minimum atomic E-state index is -4.06. The van der Waals surface area contributed by atoms with Gasteiger partial charge in [-0.25, -0.2) is 0 Å². The Morgan fingerprint density at radius 2 is 1.80 bits per heavy atom. The van der Waals surface area contributed by atoms with Crippen molar-refractivity contribution in [3.8, 4) is 0 Å². The first kappa shape index (κ1) is 18.1. The second-order valence-electron chi connectivity index (χ2n) is 6.80. The number of rotatable bonds is 7. The molecule has 0 aromatic heterocycles. The molecule has 0 spiro atoms. The molecule has 1 atom stereocenters. The van der Waals surface area contributed by atoms with Crippen LogP contribution in [-0.4, -0.2) is 58.1 Å². The molecule has 20 heavy (non-hydrogen) atoms. The molecule has 1 fully saturated rings. The Labute approximate surface area is 123 Å². The predicted octanol–water partition coefficient (Wildman–Crippen LogP) is 2.20. The van der Waals surface area contributed by atoms with E-state index in [0.29, 0.717) is 18.4 Å². The second kappa shape index (κ2) is 7.90. The quantitative estimate of drug-likeness (QED) is 0.706. The fraction of sp³-hybridized carbons (Fsp3) is 1.00. The normalized spacial score (nSPS) is 22.9. The molecule has 120 valence electrons. The maximum atomic E-state index is 11.7. The van der Waals surface area contributed by atoms with Gasteiger partial charge in [-0.3, -0.25) is 14.4 Å². The SMILES string of the molecule is CC(C)CCCN1CCN(CC(C)C)C(P(=O)(O)O)C1. The van der Waals surface area contributed by atoms with Gasteiger partial charge in [-0.15, -0.1) is 0 Å². The van der Waals surface area contributed by atoms with Crippen molar-refractivity contribution >= 4 is 7.60 Å². The van der Waals surface area contributed by atoms with Crippen LogP contribution in [0.2, 0.25) is 0 Å². The highest BCUT2D eigenvalue weighted by molar-refractivity contribution is 7.52. The van der Waals surface area contributed by atoms with E-state index in [1.807, 2.05) is 4.90 Å². The highest BCUT2D eigenvalue weighted by Gasteiger charge is 2.38. The minimum absolute atomic E-state index is 0.427. The van der Waals surface area contributed by atoms with Crippen LogP contribution in [0.4, 0.5) is 0 Å². The molecule has 0 amide bonds. The van der Waals surface area contributed by atoms with Crippen molar-refractivity contribution in [3.63, 3.8) is 0 Å². The lowest BCUT2D eigenvalue weighted by Crippen LogP contribution is -2.53. The van der Waals surface area contributed by atoms with E-state index >= 15 is 0 Å². The summed E-state index contributed by atoms with van der Waals surface area (Å²) in [5.41, 5.74) is 0. The topological polar surface area (TPSA) is 64.0 Å². The van der Waals surface area contributed by atoms with Gasteiger partial charge in [-0.05, 0) is 31.2 Å².